The third-order valence-corrected chi connectivity index (χ3v) is 5.25. The van der Waals surface area contributed by atoms with E-state index in [9.17, 15) is 19.8 Å². The third-order valence-electron chi connectivity index (χ3n) is 5.25. The molecule has 4 atom stereocenters. The van der Waals surface area contributed by atoms with Crippen LogP contribution in [0.2, 0.25) is 0 Å². The number of benzene rings is 1. The van der Waals surface area contributed by atoms with Gasteiger partial charge < -0.3 is 20.3 Å². The van der Waals surface area contributed by atoms with Crippen LogP contribution in [0.4, 0.5) is 0 Å². The fourth-order valence-electron chi connectivity index (χ4n) is 3.70. The maximum absolute atomic E-state index is 12.2. The predicted octanol–water partition coefficient (Wildman–Crippen LogP) is 2.92. The van der Waals surface area contributed by atoms with Gasteiger partial charge in [-0.25, -0.2) is 4.98 Å². The zero-order valence-corrected chi connectivity index (χ0v) is 16.1. The zero-order chi connectivity index (χ0) is 20.8. The van der Waals surface area contributed by atoms with Gasteiger partial charge in [-0.05, 0) is 31.4 Å². The summed E-state index contributed by atoms with van der Waals surface area (Å²) in [5.74, 6) is -1.12. The molecule has 0 amide bonds. The van der Waals surface area contributed by atoms with Crippen LogP contribution in [0.25, 0.3) is 11.0 Å². The van der Waals surface area contributed by atoms with Crippen LogP contribution < -0.4 is 0 Å². The van der Waals surface area contributed by atoms with E-state index in [-0.39, 0.29) is 30.5 Å². The molecule has 1 aliphatic rings. The van der Waals surface area contributed by atoms with Gasteiger partial charge in [0.1, 0.15) is 17.7 Å². The van der Waals surface area contributed by atoms with Gasteiger partial charge in [-0.15, -0.1) is 0 Å². The second-order valence-electron chi connectivity index (χ2n) is 7.38. The molecule has 4 N–H and O–H groups in total. The number of hydrogen-bond acceptors (Lipinski definition) is 5. The number of ketones is 1. The Kier molecular flexibility index (Phi) is 6.95. The number of imidazole rings is 1. The summed E-state index contributed by atoms with van der Waals surface area (Å²) in [5.41, 5.74) is 1.59. The molecule has 0 aliphatic heterocycles. The number of carbonyl (C=O) groups excluding carboxylic acids is 1. The van der Waals surface area contributed by atoms with Crippen molar-refractivity contribution in [2.24, 2.45) is 11.8 Å². The number of rotatable bonds is 9. The number of carbonyl (C=O) groups is 2. The van der Waals surface area contributed by atoms with E-state index in [1.54, 1.807) is 12.2 Å². The molecule has 0 spiro atoms. The monoisotopic (exact) mass is 398 g/mol. The van der Waals surface area contributed by atoms with Crippen LogP contribution in [0.3, 0.4) is 0 Å². The van der Waals surface area contributed by atoms with Crippen molar-refractivity contribution in [2.45, 2.75) is 44.3 Å². The van der Waals surface area contributed by atoms with E-state index in [4.69, 9.17) is 5.11 Å². The van der Waals surface area contributed by atoms with Crippen molar-refractivity contribution in [3.8, 4) is 0 Å². The first-order chi connectivity index (χ1) is 14.0. The van der Waals surface area contributed by atoms with Crippen molar-refractivity contribution in [1.29, 1.82) is 0 Å². The molecular formula is C22H26N2O5. The summed E-state index contributed by atoms with van der Waals surface area (Å²) in [5, 5.41) is 29.3. The molecular weight excluding hydrogens is 372 g/mol. The number of aliphatic hydroxyl groups excluding tert-OH is 2. The van der Waals surface area contributed by atoms with Crippen LogP contribution in [-0.2, 0) is 9.59 Å². The molecule has 1 saturated carbocycles. The Balaban J connectivity index is 1.61. The number of fused-ring (bicyclic) bond motifs is 1. The number of aromatic amines is 1. The van der Waals surface area contributed by atoms with Gasteiger partial charge in [-0.3, -0.25) is 9.59 Å². The molecule has 1 heterocycles. The standard InChI is InChI=1S/C22H26N2O5/c25-18(22-23-16-8-5-6-9-17(16)24-22)12-11-15-14(19(26)13-20(15)27)7-3-1-2-4-10-21(28)29/h1,3,5-6,8-9,11-12,14-15,18,20,25,27H,2,4,7,10,13H2,(H,23,24)(H,28,29)/t14-,15-,18?,20-/m1/s1. The van der Waals surface area contributed by atoms with Crippen LogP contribution >= 0.6 is 0 Å². The molecule has 1 aliphatic carbocycles. The predicted molar refractivity (Wildman–Crippen MR) is 108 cm³/mol. The highest BCUT2D eigenvalue weighted by atomic mass is 16.4. The van der Waals surface area contributed by atoms with Gasteiger partial charge in [0.05, 0.1) is 17.1 Å². The number of allylic oxidation sites excluding steroid dienone is 2. The minimum absolute atomic E-state index is 0.000521. The Morgan fingerprint density at radius 1 is 1.31 bits per heavy atom. The number of hydrogen-bond donors (Lipinski definition) is 4. The maximum Gasteiger partial charge on any atom is 0.303 e. The van der Waals surface area contributed by atoms with E-state index < -0.39 is 18.2 Å². The molecule has 3 rings (SSSR count). The fourth-order valence-corrected chi connectivity index (χ4v) is 3.70. The summed E-state index contributed by atoms with van der Waals surface area (Å²) < 4.78 is 0. The highest BCUT2D eigenvalue weighted by molar-refractivity contribution is 5.84. The van der Waals surface area contributed by atoms with Gasteiger partial charge in [-0.2, -0.15) is 0 Å². The van der Waals surface area contributed by atoms with Gasteiger partial charge in [0, 0.05) is 24.7 Å². The molecule has 1 aromatic carbocycles. The zero-order valence-electron chi connectivity index (χ0n) is 16.1. The van der Waals surface area contributed by atoms with E-state index in [1.807, 2.05) is 36.4 Å². The molecule has 7 heteroatoms. The summed E-state index contributed by atoms with van der Waals surface area (Å²) in [4.78, 5) is 30.2. The van der Waals surface area contributed by atoms with Gasteiger partial charge in [0.2, 0.25) is 0 Å². The number of carboxylic acid groups (broad SMARTS) is 1. The number of H-pyrrole nitrogens is 1. The Hall–Kier alpha value is -2.77. The molecule has 0 bridgehead atoms. The van der Waals surface area contributed by atoms with Gasteiger partial charge in [0.15, 0.2) is 0 Å². The number of nitrogens with zero attached hydrogens (tertiary/aromatic N) is 1. The first kappa shape index (κ1) is 21.0. The lowest BCUT2D eigenvalue weighted by molar-refractivity contribution is -0.137. The normalized spacial score (nSPS) is 23.5. The van der Waals surface area contributed by atoms with E-state index in [0.717, 1.165) is 11.0 Å². The summed E-state index contributed by atoms with van der Waals surface area (Å²) in [6.45, 7) is 0. The lowest BCUT2D eigenvalue weighted by Crippen LogP contribution is -2.18. The Bertz CT molecular complexity index is 884. The van der Waals surface area contributed by atoms with Crippen LogP contribution in [0.5, 0.6) is 0 Å². The lowest BCUT2D eigenvalue weighted by atomic mass is 9.90. The van der Waals surface area contributed by atoms with Gasteiger partial charge in [-0.1, -0.05) is 36.4 Å². The summed E-state index contributed by atoms with van der Waals surface area (Å²) >= 11 is 0. The summed E-state index contributed by atoms with van der Waals surface area (Å²) in [6.07, 6.45) is 7.20. The second kappa shape index (κ2) is 9.62. The number of Topliss-reactive ketones (excluding diaryl/α,β-unsaturated/α-hetero) is 1. The Morgan fingerprint density at radius 2 is 2.10 bits per heavy atom. The van der Waals surface area contributed by atoms with Crippen molar-refractivity contribution < 1.29 is 24.9 Å². The van der Waals surface area contributed by atoms with Crippen molar-refractivity contribution in [3.63, 3.8) is 0 Å². The molecule has 1 aromatic heterocycles. The van der Waals surface area contributed by atoms with Crippen LogP contribution in [-0.4, -0.2) is 43.1 Å². The first-order valence-electron chi connectivity index (χ1n) is 9.84. The smallest absolute Gasteiger partial charge is 0.303 e. The number of aromatic nitrogens is 2. The molecule has 1 fully saturated rings. The highest BCUT2D eigenvalue weighted by Gasteiger charge is 2.39. The van der Waals surface area contributed by atoms with Crippen molar-refractivity contribution >= 4 is 22.8 Å². The van der Waals surface area contributed by atoms with E-state index >= 15 is 0 Å². The Labute approximate surface area is 168 Å². The van der Waals surface area contributed by atoms with Crippen LogP contribution in [0.1, 0.15) is 44.0 Å². The average molecular weight is 398 g/mol. The van der Waals surface area contributed by atoms with Crippen molar-refractivity contribution in [1.82, 2.24) is 9.97 Å². The quantitative estimate of drug-likeness (QED) is 0.380. The second-order valence-corrected chi connectivity index (χ2v) is 7.38. The van der Waals surface area contributed by atoms with E-state index in [2.05, 4.69) is 9.97 Å². The number of carboxylic acids is 1. The van der Waals surface area contributed by atoms with Gasteiger partial charge in [0.25, 0.3) is 0 Å². The molecule has 7 nitrogen and oxygen atoms in total. The lowest BCUT2D eigenvalue weighted by Gasteiger charge is -2.16. The number of para-hydroxylation sites is 2. The largest absolute Gasteiger partial charge is 0.481 e. The fraction of sp³-hybridized carbons (Fsp3) is 0.409. The first-order valence-corrected chi connectivity index (χ1v) is 9.84. The number of aliphatic carboxylic acids is 1. The van der Waals surface area contributed by atoms with Crippen LogP contribution in [0.15, 0.2) is 48.6 Å². The van der Waals surface area contributed by atoms with Crippen molar-refractivity contribution in [2.75, 3.05) is 0 Å². The molecule has 1 unspecified atom stereocenters. The average Bonchev–Trinajstić information content (AvgIpc) is 3.23. The number of unbranched alkanes of at least 4 members (excludes halogenated alkanes) is 1. The molecule has 0 radical (unpaired) electrons. The third kappa shape index (κ3) is 5.40. The van der Waals surface area contributed by atoms with Gasteiger partial charge >= 0.3 is 5.97 Å². The number of nitrogens with one attached hydrogen (secondary N) is 1. The number of aliphatic hydroxyl groups is 2. The molecule has 0 saturated heterocycles. The Morgan fingerprint density at radius 3 is 2.86 bits per heavy atom. The molecule has 2 aromatic rings. The minimum Gasteiger partial charge on any atom is -0.481 e. The molecule has 154 valence electrons. The summed E-state index contributed by atoms with van der Waals surface area (Å²) in [7, 11) is 0. The topological polar surface area (TPSA) is 124 Å². The SMILES string of the molecule is O=C(O)CCCC=CC[C@H]1C(=O)C[C@@H](O)[C@@H]1C=CC(O)c1nc2ccccc2[nH]1. The van der Waals surface area contributed by atoms with E-state index in [0.29, 0.717) is 25.1 Å². The minimum atomic E-state index is -0.961. The highest BCUT2D eigenvalue weighted by Crippen LogP contribution is 2.34. The molecule has 29 heavy (non-hydrogen) atoms. The van der Waals surface area contributed by atoms with Crippen molar-refractivity contribution in [3.05, 3.63) is 54.4 Å². The van der Waals surface area contributed by atoms with E-state index in [1.165, 1.54) is 0 Å². The summed E-state index contributed by atoms with van der Waals surface area (Å²) in [6, 6.07) is 7.48. The maximum atomic E-state index is 12.2. The van der Waals surface area contributed by atoms with Crippen LogP contribution in [0, 0.1) is 11.8 Å².